The van der Waals surface area contributed by atoms with Gasteiger partial charge in [0.05, 0.1) is 12.2 Å². The molecule has 3 N–H and O–H groups in total. The minimum Gasteiger partial charge on any atom is -0.330 e. The number of likely N-dealkylation sites (tertiary alicyclic amines) is 1. The highest BCUT2D eigenvalue weighted by atomic mass is 79.9. The van der Waals surface area contributed by atoms with Crippen LogP contribution in [0.25, 0.3) is 0 Å². The molecule has 7 heteroatoms. The van der Waals surface area contributed by atoms with Gasteiger partial charge >= 0.3 is 0 Å². The highest BCUT2D eigenvalue weighted by Crippen LogP contribution is 2.20. The lowest BCUT2D eigenvalue weighted by Crippen LogP contribution is -2.40. The molecule has 2 rings (SSSR count). The van der Waals surface area contributed by atoms with E-state index < -0.39 is 5.82 Å². The number of rotatable bonds is 4. The Hall–Kier alpha value is -0.690. The lowest BCUT2D eigenvalue weighted by atomic mass is 9.97. The number of anilines is 1. The molecule has 0 saturated carbocycles. The van der Waals surface area contributed by atoms with E-state index in [1.807, 2.05) is 0 Å². The largest absolute Gasteiger partial charge is 0.330 e. The first-order valence-corrected chi connectivity index (χ1v) is 7.55. The van der Waals surface area contributed by atoms with E-state index in [1.165, 1.54) is 6.07 Å². The molecule has 118 valence electrons. The summed E-state index contributed by atoms with van der Waals surface area (Å²) in [6.07, 6.45) is 2.05. The summed E-state index contributed by atoms with van der Waals surface area (Å²) in [6, 6.07) is 4.59. The van der Waals surface area contributed by atoms with Gasteiger partial charge in [0.15, 0.2) is 0 Å². The van der Waals surface area contributed by atoms with E-state index in [1.54, 1.807) is 12.1 Å². The van der Waals surface area contributed by atoms with Gasteiger partial charge < -0.3 is 11.1 Å². The molecule has 1 amide bonds. The third-order valence-corrected chi connectivity index (χ3v) is 4.11. The maximum absolute atomic E-state index is 13.6. The highest BCUT2D eigenvalue weighted by molar-refractivity contribution is 9.10. The predicted octanol–water partition coefficient (Wildman–Crippen LogP) is 2.62. The number of amides is 1. The first-order valence-electron chi connectivity index (χ1n) is 6.76. The summed E-state index contributed by atoms with van der Waals surface area (Å²) < 4.78 is 14.3. The fraction of sp³-hybridized carbons (Fsp3) is 0.500. The number of halogens is 3. The molecule has 0 aliphatic carbocycles. The molecule has 0 bridgehead atoms. The van der Waals surface area contributed by atoms with E-state index in [2.05, 4.69) is 26.1 Å². The third-order valence-electron chi connectivity index (χ3n) is 3.61. The quantitative estimate of drug-likeness (QED) is 0.844. The van der Waals surface area contributed by atoms with Crippen molar-refractivity contribution in [1.29, 1.82) is 0 Å². The van der Waals surface area contributed by atoms with Gasteiger partial charge in [0.25, 0.3) is 0 Å². The van der Waals surface area contributed by atoms with Gasteiger partial charge in [0.1, 0.15) is 5.82 Å². The summed E-state index contributed by atoms with van der Waals surface area (Å²) in [5.74, 6) is -0.0507. The van der Waals surface area contributed by atoms with Gasteiger partial charge in [-0.1, -0.05) is 15.9 Å². The molecule has 1 fully saturated rings. The van der Waals surface area contributed by atoms with Gasteiger partial charge in [0.2, 0.25) is 5.91 Å². The molecule has 1 aliphatic heterocycles. The minimum atomic E-state index is -0.436. The van der Waals surface area contributed by atoms with Crippen molar-refractivity contribution in [3.63, 3.8) is 0 Å². The van der Waals surface area contributed by atoms with Crippen molar-refractivity contribution in [2.24, 2.45) is 11.7 Å². The summed E-state index contributed by atoms with van der Waals surface area (Å²) in [6.45, 7) is 2.76. The molecule has 0 aromatic heterocycles. The summed E-state index contributed by atoms with van der Waals surface area (Å²) in [5.41, 5.74) is 5.86. The summed E-state index contributed by atoms with van der Waals surface area (Å²) in [7, 11) is 0. The molecular formula is C14H20BrClFN3O. The second-order valence-electron chi connectivity index (χ2n) is 5.13. The zero-order chi connectivity index (χ0) is 14.5. The van der Waals surface area contributed by atoms with Gasteiger partial charge in [-0.05, 0) is 56.6 Å². The molecule has 1 aromatic carbocycles. The van der Waals surface area contributed by atoms with Crippen molar-refractivity contribution in [3.8, 4) is 0 Å². The maximum Gasteiger partial charge on any atom is 0.238 e. The molecule has 21 heavy (non-hydrogen) atoms. The molecule has 0 atom stereocenters. The number of nitrogens with two attached hydrogens (primary N) is 1. The monoisotopic (exact) mass is 379 g/mol. The predicted molar refractivity (Wildman–Crippen MR) is 88.2 cm³/mol. The molecular weight excluding hydrogens is 361 g/mol. The normalized spacial score (nSPS) is 16.3. The summed E-state index contributed by atoms with van der Waals surface area (Å²) >= 11 is 3.18. The van der Waals surface area contributed by atoms with Crippen molar-refractivity contribution in [2.45, 2.75) is 12.8 Å². The summed E-state index contributed by atoms with van der Waals surface area (Å²) in [4.78, 5) is 14.0. The zero-order valence-electron chi connectivity index (χ0n) is 11.6. The van der Waals surface area contributed by atoms with Crippen LogP contribution in [0, 0.1) is 11.7 Å². The molecule has 1 heterocycles. The van der Waals surface area contributed by atoms with Crippen LogP contribution in [0.15, 0.2) is 22.7 Å². The Labute approximate surface area is 138 Å². The van der Waals surface area contributed by atoms with Gasteiger partial charge in [0, 0.05) is 4.47 Å². The first kappa shape index (κ1) is 18.4. The van der Waals surface area contributed by atoms with Crippen LogP contribution in [0.5, 0.6) is 0 Å². The van der Waals surface area contributed by atoms with Crippen LogP contribution < -0.4 is 11.1 Å². The number of benzene rings is 1. The minimum absolute atomic E-state index is 0. The van der Waals surface area contributed by atoms with Crippen molar-refractivity contribution in [2.75, 3.05) is 31.5 Å². The van der Waals surface area contributed by atoms with Crippen LogP contribution in [0.4, 0.5) is 10.1 Å². The smallest absolute Gasteiger partial charge is 0.238 e. The zero-order valence-corrected chi connectivity index (χ0v) is 14.1. The molecule has 4 nitrogen and oxygen atoms in total. The fourth-order valence-corrected chi connectivity index (χ4v) is 2.70. The number of nitrogens with zero attached hydrogens (tertiary/aromatic N) is 1. The second kappa shape index (κ2) is 8.68. The molecule has 1 aromatic rings. The van der Waals surface area contributed by atoms with E-state index >= 15 is 0 Å². The maximum atomic E-state index is 13.6. The Kier molecular flexibility index (Phi) is 7.59. The van der Waals surface area contributed by atoms with E-state index in [9.17, 15) is 9.18 Å². The highest BCUT2D eigenvalue weighted by Gasteiger charge is 2.20. The average molecular weight is 381 g/mol. The number of carbonyl (C=O) groups excluding carboxylic acids is 1. The van der Waals surface area contributed by atoms with E-state index in [0.717, 1.165) is 25.9 Å². The molecule has 0 radical (unpaired) electrons. The van der Waals surface area contributed by atoms with E-state index in [-0.39, 0.29) is 24.0 Å². The molecule has 0 spiro atoms. The van der Waals surface area contributed by atoms with Crippen molar-refractivity contribution in [3.05, 3.63) is 28.5 Å². The van der Waals surface area contributed by atoms with Crippen LogP contribution in [0.3, 0.4) is 0 Å². The van der Waals surface area contributed by atoms with Gasteiger partial charge in [-0.3, -0.25) is 9.69 Å². The number of hydrogen-bond acceptors (Lipinski definition) is 3. The number of carbonyl (C=O) groups is 1. The third kappa shape index (κ3) is 5.54. The Morgan fingerprint density at radius 2 is 2.10 bits per heavy atom. The van der Waals surface area contributed by atoms with E-state index in [0.29, 0.717) is 23.5 Å². The number of hydrogen-bond donors (Lipinski definition) is 2. The Balaban J connectivity index is 0.00000220. The SMILES string of the molecule is Cl.NCC1CCN(CC(=O)Nc2ccc(Br)cc2F)CC1. The van der Waals surface area contributed by atoms with Gasteiger partial charge in [-0.2, -0.15) is 0 Å². The van der Waals surface area contributed by atoms with Gasteiger partial charge in [-0.25, -0.2) is 4.39 Å². The average Bonchev–Trinajstić information content (AvgIpc) is 2.43. The van der Waals surface area contributed by atoms with E-state index in [4.69, 9.17) is 5.73 Å². The molecule has 1 saturated heterocycles. The van der Waals surface area contributed by atoms with Crippen molar-refractivity contribution < 1.29 is 9.18 Å². The molecule has 1 aliphatic rings. The topological polar surface area (TPSA) is 58.4 Å². The van der Waals surface area contributed by atoms with Crippen LogP contribution in [-0.2, 0) is 4.79 Å². The number of piperidine rings is 1. The van der Waals surface area contributed by atoms with Crippen LogP contribution in [0.2, 0.25) is 0 Å². The lowest BCUT2D eigenvalue weighted by molar-refractivity contribution is -0.117. The summed E-state index contributed by atoms with van der Waals surface area (Å²) in [5, 5.41) is 2.61. The van der Waals surface area contributed by atoms with Crippen molar-refractivity contribution in [1.82, 2.24) is 4.90 Å². The van der Waals surface area contributed by atoms with Crippen molar-refractivity contribution >= 4 is 39.9 Å². The van der Waals surface area contributed by atoms with Crippen LogP contribution >= 0.6 is 28.3 Å². The lowest BCUT2D eigenvalue weighted by Gasteiger charge is -2.30. The fourth-order valence-electron chi connectivity index (χ4n) is 2.36. The Morgan fingerprint density at radius 1 is 1.43 bits per heavy atom. The standard InChI is InChI=1S/C14H19BrFN3O.ClH/c15-11-1-2-13(12(16)7-11)18-14(20)9-19-5-3-10(8-17)4-6-19;/h1-2,7,10H,3-6,8-9,17H2,(H,18,20);1H. The van der Waals surface area contributed by atoms with Crippen LogP contribution in [0.1, 0.15) is 12.8 Å². The Bertz CT molecular complexity index is 481. The Morgan fingerprint density at radius 3 is 2.67 bits per heavy atom. The number of nitrogens with one attached hydrogen (secondary N) is 1. The van der Waals surface area contributed by atoms with Gasteiger partial charge in [-0.15, -0.1) is 12.4 Å². The molecule has 0 unspecified atom stereocenters. The first-order chi connectivity index (χ1) is 9.58. The van der Waals surface area contributed by atoms with Crippen LogP contribution in [-0.4, -0.2) is 37.0 Å². The second-order valence-corrected chi connectivity index (χ2v) is 6.04.